The van der Waals surface area contributed by atoms with E-state index >= 15 is 0 Å². The van der Waals surface area contributed by atoms with Crippen LogP contribution < -0.4 is 9.47 Å². The molecule has 0 amide bonds. The largest absolute Gasteiger partial charge is 0.573 e. The van der Waals surface area contributed by atoms with Gasteiger partial charge in [-0.1, -0.05) is 71.7 Å². The molecule has 16 heteroatoms. The number of carboxylic acids is 1. The summed E-state index contributed by atoms with van der Waals surface area (Å²) in [5, 5.41) is 21.6. The minimum atomic E-state index is -5.19. The van der Waals surface area contributed by atoms with Crippen molar-refractivity contribution in [2.45, 2.75) is 25.4 Å². The van der Waals surface area contributed by atoms with Gasteiger partial charge < -0.3 is 19.7 Å². The van der Waals surface area contributed by atoms with Gasteiger partial charge in [0.15, 0.2) is 17.2 Å². The monoisotopic (exact) mass is 760 g/mol. The number of fused-ring (bicyclic) bond motifs is 2. The molecular weight excluding hydrogens is 741 g/mol. The van der Waals surface area contributed by atoms with Crippen LogP contribution in [0.1, 0.15) is 48.8 Å². The minimum absolute atomic E-state index is 0.237. The summed E-state index contributed by atoms with van der Waals surface area (Å²) >= 11 is 11.9. The summed E-state index contributed by atoms with van der Waals surface area (Å²) in [6.45, 7) is 0. The number of ether oxygens (including phenoxy) is 2. The molecule has 8 nitrogen and oxygen atoms in total. The maximum absolute atomic E-state index is 14.2. The first-order valence-electron chi connectivity index (χ1n) is 14.9. The summed E-state index contributed by atoms with van der Waals surface area (Å²) < 4.78 is 92.5. The fraction of sp³-hybridized carbons (Fsp3) is 0.111. The van der Waals surface area contributed by atoms with Crippen LogP contribution in [0.25, 0.3) is 21.8 Å². The zero-order chi connectivity index (χ0) is 37.5. The molecule has 0 aliphatic heterocycles. The molecule has 0 spiro atoms. The van der Waals surface area contributed by atoms with Gasteiger partial charge in [0.1, 0.15) is 16.6 Å². The summed E-state index contributed by atoms with van der Waals surface area (Å²) in [6, 6.07) is 17.9. The standard InChI is InChI=1S/C36H20Cl2F6N2O6/c37-19-11-7-17(8-12-19)15-24-31(47)27(21-4-2-6-26(30(21)45-24)52-36(42,43)44)34(50)51-32-25(16-18-9-13-20(38)14-10-18)46-29-22(28(32)33(48)49)3-1-5-23(29)35(39,40)41/h1-14,47H,15-16H2,(H,48,49). The molecule has 266 valence electrons. The van der Waals surface area contributed by atoms with E-state index in [0.717, 1.165) is 30.3 Å². The summed E-state index contributed by atoms with van der Waals surface area (Å²) in [4.78, 5) is 35.3. The van der Waals surface area contributed by atoms with Crippen LogP contribution >= 0.6 is 23.2 Å². The number of nitrogens with zero attached hydrogens (tertiary/aromatic N) is 2. The Morgan fingerprint density at radius 1 is 0.692 bits per heavy atom. The van der Waals surface area contributed by atoms with Crippen LogP contribution in [0.5, 0.6) is 17.2 Å². The summed E-state index contributed by atoms with van der Waals surface area (Å²) in [7, 11) is 0. The number of rotatable bonds is 8. The fourth-order valence-corrected chi connectivity index (χ4v) is 5.81. The van der Waals surface area contributed by atoms with E-state index in [1.54, 1.807) is 12.1 Å². The number of esters is 1. The highest BCUT2D eigenvalue weighted by molar-refractivity contribution is 6.30. The molecule has 0 radical (unpaired) electrons. The lowest BCUT2D eigenvalue weighted by Gasteiger charge is -2.19. The molecule has 0 fully saturated rings. The maximum Gasteiger partial charge on any atom is 0.573 e. The number of aromatic hydroxyl groups is 1. The van der Waals surface area contributed by atoms with Gasteiger partial charge in [0.2, 0.25) is 0 Å². The van der Waals surface area contributed by atoms with Gasteiger partial charge in [-0.15, -0.1) is 13.2 Å². The van der Waals surface area contributed by atoms with Crippen LogP contribution in [0.4, 0.5) is 26.3 Å². The Hall–Kier alpha value is -5.60. The van der Waals surface area contributed by atoms with Crippen molar-refractivity contribution in [2.24, 2.45) is 0 Å². The molecule has 2 heterocycles. The van der Waals surface area contributed by atoms with E-state index in [1.165, 1.54) is 36.4 Å². The predicted octanol–water partition coefficient (Wildman–Crippen LogP) is 9.81. The van der Waals surface area contributed by atoms with Gasteiger partial charge in [0, 0.05) is 33.7 Å². The number of pyridine rings is 2. The second-order valence-corrected chi connectivity index (χ2v) is 12.1. The molecule has 0 atom stereocenters. The Labute approximate surface area is 298 Å². The highest BCUT2D eigenvalue weighted by atomic mass is 35.5. The lowest BCUT2D eigenvalue weighted by atomic mass is 9.99. The Balaban J connectivity index is 1.59. The number of aromatic nitrogens is 2. The first-order valence-corrected chi connectivity index (χ1v) is 15.6. The molecular formula is C36H20Cl2F6N2O6. The van der Waals surface area contributed by atoms with Gasteiger partial charge in [0.25, 0.3) is 0 Å². The van der Waals surface area contributed by atoms with Crippen molar-refractivity contribution in [1.82, 2.24) is 9.97 Å². The molecule has 0 saturated carbocycles. The van der Waals surface area contributed by atoms with E-state index in [0.29, 0.717) is 27.2 Å². The smallest absolute Gasteiger partial charge is 0.505 e. The van der Waals surface area contributed by atoms with Gasteiger partial charge >= 0.3 is 24.5 Å². The van der Waals surface area contributed by atoms with Crippen LogP contribution in [-0.4, -0.2) is 38.5 Å². The summed E-state index contributed by atoms with van der Waals surface area (Å²) in [5.74, 6) is -5.72. The molecule has 52 heavy (non-hydrogen) atoms. The molecule has 0 saturated heterocycles. The van der Waals surface area contributed by atoms with Crippen molar-refractivity contribution in [3.8, 4) is 17.2 Å². The zero-order valence-electron chi connectivity index (χ0n) is 25.9. The lowest BCUT2D eigenvalue weighted by molar-refractivity contribution is -0.274. The molecule has 0 unspecified atom stereocenters. The zero-order valence-corrected chi connectivity index (χ0v) is 27.5. The van der Waals surface area contributed by atoms with Crippen molar-refractivity contribution in [1.29, 1.82) is 0 Å². The van der Waals surface area contributed by atoms with Crippen LogP contribution in [0.2, 0.25) is 10.0 Å². The number of hydrogen-bond acceptors (Lipinski definition) is 7. The molecule has 6 aromatic rings. The second-order valence-electron chi connectivity index (χ2n) is 11.2. The van der Waals surface area contributed by atoms with Gasteiger partial charge in [-0.25, -0.2) is 19.6 Å². The highest BCUT2D eigenvalue weighted by Crippen LogP contribution is 2.41. The Morgan fingerprint density at radius 3 is 1.75 bits per heavy atom. The maximum atomic E-state index is 14.2. The van der Waals surface area contributed by atoms with Crippen molar-refractivity contribution in [3.63, 3.8) is 0 Å². The van der Waals surface area contributed by atoms with Crippen LogP contribution in [-0.2, 0) is 19.0 Å². The van der Waals surface area contributed by atoms with Crippen LogP contribution in [0, 0.1) is 0 Å². The molecule has 6 rings (SSSR count). The van der Waals surface area contributed by atoms with Gasteiger partial charge in [0.05, 0.1) is 22.5 Å². The number of benzene rings is 4. The molecule has 0 aliphatic rings. The topological polar surface area (TPSA) is 119 Å². The molecule has 0 bridgehead atoms. The number of halogens is 8. The Kier molecular flexibility index (Phi) is 9.64. The van der Waals surface area contributed by atoms with Gasteiger partial charge in [-0.3, -0.25) is 0 Å². The number of carbonyl (C=O) groups is 2. The van der Waals surface area contributed by atoms with Crippen molar-refractivity contribution >= 4 is 56.9 Å². The third kappa shape index (κ3) is 7.53. The molecule has 2 N–H and O–H groups in total. The number of alkyl halides is 6. The van der Waals surface area contributed by atoms with Crippen LogP contribution in [0.3, 0.4) is 0 Å². The SMILES string of the molecule is O=C(Oc1c(Cc2ccc(Cl)cc2)nc2c(C(F)(F)F)cccc2c1C(=O)O)c1c(O)c(Cc2ccc(Cl)cc2)nc2c(OC(F)(F)F)cccc12. The third-order valence-electron chi connectivity index (χ3n) is 7.78. The Morgan fingerprint density at radius 2 is 1.21 bits per heavy atom. The number of carbonyl (C=O) groups excluding carboxylic acids is 1. The average molecular weight is 761 g/mol. The number of para-hydroxylation sites is 2. The first kappa shape index (κ1) is 36.2. The molecule has 2 aromatic heterocycles. The van der Waals surface area contributed by atoms with E-state index in [-0.39, 0.29) is 23.9 Å². The molecule has 0 aliphatic carbocycles. The van der Waals surface area contributed by atoms with E-state index < -0.39 is 80.5 Å². The second kappa shape index (κ2) is 13.8. The first-order chi connectivity index (χ1) is 24.5. The molecule has 4 aromatic carbocycles. The van der Waals surface area contributed by atoms with E-state index in [2.05, 4.69) is 14.7 Å². The summed E-state index contributed by atoms with van der Waals surface area (Å²) in [5.41, 5.74) is -3.99. The van der Waals surface area contributed by atoms with Crippen LogP contribution in [0.15, 0.2) is 84.9 Å². The minimum Gasteiger partial charge on any atom is -0.505 e. The van der Waals surface area contributed by atoms with Crippen molar-refractivity contribution in [3.05, 3.63) is 134 Å². The highest BCUT2D eigenvalue weighted by Gasteiger charge is 2.37. The number of carboxylic acid groups (broad SMARTS) is 1. The lowest BCUT2D eigenvalue weighted by Crippen LogP contribution is -2.19. The van der Waals surface area contributed by atoms with E-state index in [9.17, 15) is 46.1 Å². The third-order valence-corrected chi connectivity index (χ3v) is 8.28. The normalized spacial score (nSPS) is 11.9. The summed E-state index contributed by atoms with van der Waals surface area (Å²) in [6.07, 6.45) is -10.8. The Bertz CT molecular complexity index is 2370. The fourth-order valence-electron chi connectivity index (χ4n) is 5.56. The average Bonchev–Trinajstić information content (AvgIpc) is 3.06. The van der Waals surface area contributed by atoms with E-state index in [4.69, 9.17) is 27.9 Å². The van der Waals surface area contributed by atoms with Crippen molar-refractivity contribution < 1.29 is 55.6 Å². The van der Waals surface area contributed by atoms with E-state index in [1.807, 2.05) is 0 Å². The van der Waals surface area contributed by atoms with Crippen molar-refractivity contribution in [2.75, 3.05) is 0 Å². The predicted molar refractivity (Wildman–Crippen MR) is 177 cm³/mol. The van der Waals surface area contributed by atoms with Gasteiger partial charge in [-0.2, -0.15) is 13.2 Å². The number of hydrogen-bond donors (Lipinski definition) is 2. The number of aromatic carboxylic acids is 1. The quantitative estimate of drug-likeness (QED) is 0.116. The van der Waals surface area contributed by atoms with Gasteiger partial charge in [-0.05, 0) is 47.5 Å².